The normalized spacial score (nSPS) is 28.5. The molecule has 0 bridgehead atoms. The van der Waals surface area contributed by atoms with E-state index in [1.54, 1.807) is 4.31 Å². The van der Waals surface area contributed by atoms with Gasteiger partial charge in [-0.3, -0.25) is 0 Å². The molecule has 0 saturated carbocycles. The quantitative estimate of drug-likeness (QED) is 0.877. The Morgan fingerprint density at radius 1 is 1.40 bits per heavy atom. The highest BCUT2D eigenvalue weighted by atomic mass is 79.9. The number of nitrogens with zero attached hydrogens (tertiary/aromatic N) is 2. The van der Waals surface area contributed by atoms with E-state index in [-0.39, 0.29) is 16.8 Å². The zero-order valence-electron chi connectivity index (χ0n) is 11.9. The standard InChI is InChI=1S/C13H20BrN3O2S/c1-8-4-9(2)10(3)17(7-8)20(18,19)12-5-11(14)6-16-13(12)15/h5-6,8-10H,4,7H2,1-3H3,(H2,15,16). The van der Waals surface area contributed by atoms with Crippen LogP contribution in [0.4, 0.5) is 5.82 Å². The number of pyridine rings is 1. The van der Waals surface area contributed by atoms with Gasteiger partial charge in [-0.05, 0) is 47.2 Å². The van der Waals surface area contributed by atoms with Crippen LogP contribution in [0.15, 0.2) is 21.6 Å². The number of nitrogen functional groups attached to an aromatic ring is 1. The Kier molecular flexibility index (Phi) is 4.41. The van der Waals surface area contributed by atoms with Crippen LogP contribution in [0.5, 0.6) is 0 Å². The molecule has 5 nitrogen and oxygen atoms in total. The van der Waals surface area contributed by atoms with Crippen LogP contribution in [0.1, 0.15) is 27.2 Å². The van der Waals surface area contributed by atoms with Gasteiger partial charge in [-0.25, -0.2) is 13.4 Å². The molecule has 0 aromatic carbocycles. The summed E-state index contributed by atoms with van der Waals surface area (Å²) in [6.07, 6.45) is 2.54. The molecular formula is C13H20BrN3O2S. The minimum absolute atomic E-state index is 0.0328. The molecule has 0 radical (unpaired) electrons. The first-order valence-corrected chi connectivity index (χ1v) is 8.89. The smallest absolute Gasteiger partial charge is 0.247 e. The van der Waals surface area contributed by atoms with E-state index in [0.717, 1.165) is 6.42 Å². The Hall–Kier alpha value is -0.660. The van der Waals surface area contributed by atoms with Crippen molar-refractivity contribution >= 4 is 31.8 Å². The van der Waals surface area contributed by atoms with Gasteiger partial charge in [0.05, 0.1) is 0 Å². The van der Waals surface area contributed by atoms with Gasteiger partial charge in [-0.15, -0.1) is 0 Å². The fourth-order valence-electron chi connectivity index (χ4n) is 2.74. The van der Waals surface area contributed by atoms with Crippen molar-refractivity contribution in [1.29, 1.82) is 0 Å². The second kappa shape index (κ2) is 5.61. The minimum atomic E-state index is -3.61. The van der Waals surface area contributed by atoms with Crippen LogP contribution in [0.25, 0.3) is 0 Å². The predicted molar refractivity (Wildman–Crippen MR) is 82.6 cm³/mol. The summed E-state index contributed by atoms with van der Waals surface area (Å²) in [5, 5.41) is 0. The lowest BCUT2D eigenvalue weighted by Gasteiger charge is -2.40. The number of hydrogen-bond donors (Lipinski definition) is 1. The van der Waals surface area contributed by atoms with Crippen molar-refractivity contribution < 1.29 is 8.42 Å². The lowest BCUT2D eigenvalue weighted by atomic mass is 9.88. The molecule has 3 unspecified atom stereocenters. The molecule has 0 amide bonds. The van der Waals surface area contributed by atoms with Gasteiger partial charge in [0.2, 0.25) is 10.0 Å². The molecule has 3 atom stereocenters. The topological polar surface area (TPSA) is 76.3 Å². The van der Waals surface area contributed by atoms with E-state index < -0.39 is 10.0 Å². The summed E-state index contributed by atoms with van der Waals surface area (Å²) in [6, 6.07) is 1.49. The molecule has 2 heterocycles. The summed E-state index contributed by atoms with van der Waals surface area (Å²) >= 11 is 3.25. The molecule has 0 aliphatic carbocycles. The molecule has 1 aromatic rings. The van der Waals surface area contributed by atoms with Crippen molar-refractivity contribution in [2.75, 3.05) is 12.3 Å². The first-order valence-electron chi connectivity index (χ1n) is 6.66. The highest BCUT2D eigenvalue weighted by Gasteiger charge is 2.38. The van der Waals surface area contributed by atoms with Gasteiger partial charge < -0.3 is 5.73 Å². The molecule has 2 rings (SSSR count). The number of hydrogen-bond acceptors (Lipinski definition) is 4. The summed E-state index contributed by atoms with van der Waals surface area (Å²) in [5.74, 6) is 0.721. The van der Waals surface area contributed by atoms with Crippen LogP contribution in [0.3, 0.4) is 0 Å². The number of anilines is 1. The van der Waals surface area contributed by atoms with Gasteiger partial charge in [0, 0.05) is 23.3 Å². The van der Waals surface area contributed by atoms with Crippen LogP contribution in [-0.2, 0) is 10.0 Å². The zero-order chi connectivity index (χ0) is 15.1. The van der Waals surface area contributed by atoms with Gasteiger partial charge in [0.1, 0.15) is 10.7 Å². The Balaban J connectivity index is 2.46. The van der Waals surface area contributed by atoms with E-state index in [1.165, 1.54) is 12.3 Å². The lowest BCUT2D eigenvalue weighted by molar-refractivity contribution is 0.157. The van der Waals surface area contributed by atoms with Crippen molar-refractivity contribution in [1.82, 2.24) is 9.29 Å². The van der Waals surface area contributed by atoms with E-state index >= 15 is 0 Å². The summed E-state index contributed by atoms with van der Waals surface area (Å²) in [6.45, 7) is 6.65. The molecule has 1 aliphatic heterocycles. The van der Waals surface area contributed by atoms with Crippen molar-refractivity contribution in [2.45, 2.75) is 38.1 Å². The highest BCUT2D eigenvalue weighted by molar-refractivity contribution is 9.10. The van der Waals surface area contributed by atoms with Crippen LogP contribution in [0, 0.1) is 11.8 Å². The molecule has 112 valence electrons. The molecular weight excluding hydrogens is 342 g/mol. The summed E-state index contributed by atoms with van der Waals surface area (Å²) < 4.78 is 27.9. The number of halogens is 1. The van der Waals surface area contributed by atoms with Gasteiger partial charge in [0.25, 0.3) is 0 Å². The number of sulfonamides is 1. The molecule has 1 fully saturated rings. The molecule has 2 N–H and O–H groups in total. The number of nitrogens with two attached hydrogens (primary N) is 1. The van der Waals surface area contributed by atoms with E-state index in [4.69, 9.17) is 5.73 Å². The Morgan fingerprint density at radius 2 is 2.05 bits per heavy atom. The predicted octanol–water partition coefficient (Wildman–Crippen LogP) is 2.48. The van der Waals surface area contributed by atoms with E-state index in [9.17, 15) is 8.42 Å². The van der Waals surface area contributed by atoms with Gasteiger partial charge >= 0.3 is 0 Å². The van der Waals surface area contributed by atoms with Gasteiger partial charge in [-0.1, -0.05) is 13.8 Å². The highest BCUT2D eigenvalue weighted by Crippen LogP contribution is 2.33. The Labute approximate surface area is 128 Å². The maximum Gasteiger partial charge on any atom is 0.247 e. The number of piperidine rings is 1. The van der Waals surface area contributed by atoms with Gasteiger partial charge in [0.15, 0.2) is 0 Å². The van der Waals surface area contributed by atoms with Crippen molar-refractivity contribution in [2.24, 2.45) is 11.8 Å². The molecule has 0 spiro atoms. The summed E-state index contributed by atoms with van der Waals surface area (Å²) in [4.78, 5) is 4.01. The average Bonchev–Trinajstić information content (AvgIpc) is 2.36. The summed E-state index contributed by atoms with van der Waals surface area (Å²) in [7, 11) is -3.61. The fraction of sp³-hybridized carbons (Fsp3) is 0.615. The van der Waals surface area contributed by atoms with Crippen LogP contribution in [-0.4, -0.2) is 30.3 Å². The Morgan fingerprint density at radius 3 is 2.70 bits per heavy atom. The van der Waals surface area contributed by atoms with E-state index in [0.29, 0.717) is 22.9 Å². The largest absolute Gasteiger partial charge is 0.383 e. The molecule has 7 heteroatoms. The SMILES string of the molecule is CC1CC(C)C(C)N(S(=O)(=O)c2cc(Br)cnc2N)C1. The third-order valence-electron chi connectivity index (χ3n) is 3.98. The first kappa shape index (κ1) is 15.7. The van der Waals surface area contributed by atoms with Crippen molar-refractivity contribution in [3.8, 4) is 0 Å². The molecule has 20 heavy (non-hydrogen) atoms. The summed E-state index contributed by atoms with van der Waals surface area (Å²) in [5.41, 5.74) is 5.76. The molecule has 1 saturated heterocycles. The van der Waals surface area contributed by atoms with E-state index in [1.807, 2.05) is 6.92 Å². The zero-order valence-corrected chi connectivity index (χ0v) is 14.3. The maximum absolute atomic E-state index is 12.8. The minimum Gasteiger partial charge on any atom is -0.383 e. The molecule has 1 aromatic heterocycles. The number of rotatable bonds is 2. The van der Waals surface area contributed by atoms with Crippen molar-refractivity contribution in [3.63, 3.8) is 0 Å². The average molecular weight is 362 g/mol. The second-order valence-electron chi connectivity index (χ2n) is 5.67. The van der Waals surface area contributed by atoms with Gasteiger partial charge in [-0.2, -0.15) is 4.31 Å². The van der Waals surface area contributed by atoms with Crippen LogP contribution in [0.2, 0.25) is 0 Å². The van der Waals surface area contributed by atoms with E-state index in [2.05, 4.69) is 34.8 Å². The monoisotopic (exact) mass is 361 g/mol. The number of aromatic nitrogens is 1. The fourth-order valence-corrected chi connectivity index (χ4v) is 5.17. The Bertz CT molecular complexity index is 606. The lowest BCUT2D eigenvalue weighted by Crippen LogP contribution is -2.48. The second-order valence-corrected chi connectivity index (χ2v) is 8.45. The third kappa shape index (κ3) is 2.84. The maximum atomic E-state index is 12.8. The van der Waals surface area contributed by atoms with Crippen LogP contribution >= 0.6 is 15.9 Å². The van der Waals surface area contributed by atoms with Crippen molar-refractivity contribution in [3.05, 3.63) is 16.7 Å². The van der Waals surface area contributed by atoms with Crippen LogP contribution < -0.4 is 5.73 Å². The first-order chi connectivity index (χ1) is 9.23. The molecule has 1 aliphatic rings. The third-order valence-corrected chi connectivity index (χ3v) is 6.39.